The number of nitrogens with zero attached hydrogens (tertiary/aromatic N) is 3. The maximum Gasteiger partial charge on any atom is 0.280 e. The molecule has 0 unspecified atom stereocenters. The topological polar surface area (TPSA) is 99.3 Å². The Labute approximate surface area is 127 Å². The summed E-state index contributed by atoms with van der Waals surface area (Å²) < 4.78 is 1.74. The summed E-state index contributed by atoms with van der Waals surface area (Å²) in [5.41, 5.74) is 13.0. The SMILES string of the molecule is Cn1cc(-c2cccc3c(C(=O)N=C(N)N)cccc23)cn1. The van der Waals surface area contributed by atoms with Gasteiger partial charge in [0.05, 0.1) is 6.20 Å². The molecule has 0 spiro atoms. The zero-order valence-corrected chi connectivity index (χ0v) is 12.0. The van der Waals surface area contributed by atoms with Crippen LogP contribution in [0.25, 0.3) is 21.9 Å². The number of fused-ring (bicyclic) bond motifs is 1. The number of carbonyl (C=O) groups is 1. The van der Waals surface area contributed by atoms with E-state index in [-0.39, 0.29) is 5.96 Å². The summed E-state index contributed by atoms with van der Waals surface area (Å²) in [5.74, 6) is -0.695. The van der Waals surface area contributed by atoms with E-state index in [1.54, 1.807) is 16.9 Å². The molecule has 0 bridgehead atoms. The Balaban J connectivity index is 2.23. The fourth-order valence-electron chi connectivity index (χ4n) is 2.49. The van der Waals surface area contributed by atoms with Gasteiger partial charge in [-0.1, -0.05) is 30.3 Å². The van der Waals surface area contributed by atoms with E-state index in [0.717, 1.165) is 21.9 Å². The van der Waals surface area contributed by atoms with Crippen molar-refractivity contribution >= 4 is 22.6 Å². The van der Waals surface area contributed by atoms with Gasteiger partial charge in [0, 0.05) is 24.4 Å². The second kappa shape index (κ2) is 5.33. The van der Waals surface area contributed by atoms with Crippen LogP contribution in [-0.2, 0) is 7.05 Å². The van der Waals surface area contributed by atoms with E-state index in [9.17, 15) is 4.79 Å². The number of guanidine groups is 1. The first-order chi connectivity index (χ1) is 10.6. The lowest BCUT2D eigenvalue weighted by Gasteiger charge is -2.07. The minimum absolute atomic E-state index is 0.245. The van der Waals surface area contributed by atoms with Crippen LogP contribution in [0.4, 0.5) is 0 Å². The monoisotopic (exact) mass is 293 g/mol. The molecule has 0 aliphatic rings. The zero-order chi connectivity index (χ0) is 15.7. The Bertz CT molecular complexity index is 890. The molecule has 1 heterocycles. The molecule has 0 aliphatic carbocycles. The molecule has 3 rings (SSSR count). The molecule has 0 saturated heterocycles. The van der Waals surface area contributed by atoms with E-state index < -0.39 is 5.91 Å². The highest BCUT2D eigenvalue weighted by Crippen LogP contribution is 2.30. The maximum atomic E-state index is 12.2. The van der Waals surface area contributed by atoms with Gasteiger partial charge in [0.25, 0.3) is 5.91 Å². The number of carbonyl (C=O) groups excluding carboxylic acids is 1. The van der Waals surface area contributed by atoms with Gasteiger partial charge in [-0.3, -0.25) is 9.48 Å². The van der Waals surface area contributed by atoms with Crippen molar-refractivity contribution in [3.8, 4) is 11.1 Å². The van der Waals surface area contributed by atoms with Crippen LogP contribution in [0, 0.1) is 0 Å². The fraction of sp³-hybridized carbons (Fsp3) is 0.0625. The van der Waals surface area contributed by atoms with Crippen LogP contribution in [-0.4, -0.2) is 21.6 Å². The third kappa shape index (κ3) is 2.42. The van der Waals surface area contributed by atoms with Crippen LogP contribution in [0.15, 0.2) is 53.8 Å². The van der Waals surface area contributed by atoms with Crippen molar-refractivity contribution < 1.29 is 4.79 Å². The van der Waals surface area contributed by atoms with Crippen LogP contribution in [0.1, 0.15) is 10.4 Å². The summed E-state index contributed by atoms with van der Waals surface area (Å²) in [6.45, 7) is 0. The summed E-state index contributed by atoms with van der Waals surface area (Å²) in [4.78, 5) is 15.8. The molecule has 0 atom stereocenters. The van der Waals surface area contributed by atoms with Crippen molar-refractivity contribution in [2.45, 2.75) is 0 Å². The Morgan fingerprint density at radius 3 is 2.55 bits per heavy atom. The first-order valence-electron chi connectivity index (χ1n) is 6.71. The van der Waals surface area contributed by atoms with Gasteiger partial charge in [-0.05, 0) is 22.4 Å². The predicted molar refractivity (Wildman–Crippen MR) is 86.3 cm³/mol. The van der Waals surface area contributed by atoms with Gasteiger partial charge in [0.2, 0.25) is 0 Å². The quantitative estimate of drug-likeness (QED) is 0.554. The molecule has 2 aromatic carbocycles. The van der Waals surface area contributed by atoms with Gasteiger partial charge < -0.3 is 11.5 Å². The van der Waals surface area contributed by atoms with Crippen molar-refractivity contribution in [3.05, 3.63) is 54.4 Å². The standard InChI is InChI=1S/C16H15N5O/c1-21-9-10(8-19-21)11-4-2-6-13-12(11)5-3-7-14(13)15(22)20-16(17)18/h2-9H,1H3,(H4,17,18,20,22). The minimum Gasteiger partial charge on any atom is -0.370 e. The maximum absolute atomic E-state index is 12.2. The second-order valence-electron chi connectivity index (χ2n) is 4.95. The molecule has 3 aromatic rings. The lowest BCUT2D eigenvalue weighted by Crippen LogP contribution is -2.24. The number of aryl methyl sites for hydroxylation is 1. The van der Waals surface area contributed by atoms with E-state index >= 15 is 0 Å². The number of aromatic nitrogens is 2. The van der Waals surface area contributed by atoms with Gasteiger partial charge in [0.15, 0.2) is 5.96 Å². The lowest BCUT2D eigenvalue weighted by atomic mass is 9.97. The lowest BCUT2D eigenvalue weighted by molar-refractivity contribution is 0.100. The molecule has 0 aliphatic heterocycles. The fourth-order valence-corrected chi connectivity index (χ4v) is 2.49. The number of nitrogens with two attached hydrogens (primary N) is 2. The number of hydrogen-bond donors (Lipinski definition) is 2. The predicted octanol–water partition coefficient (Wildman–Crippen LogP) is 1.65. The number of hydrogen-bond acceptors (Lipinski definition) is 2. The van der Waals surface area contributed by atoms with Gasteiger partial charge in [0.1, 0.15) is 0 Å². The Hall–Kier alpha value is -3.15. The summed E-state index contributed by atoms with van der Waals surface area (Å²) in [6, 6.07) is 11.3. The molecule has 4 N–H and O–H groups in total. The zero-order valence-electron chi connectivity index (χ0n) is 12.0. The van der Waals surface area contributed by atoms with Crippen LogP contribution in [0.2, 0.25) is 0 Å². The third-order valence-corrected chi connectivity index (χ3v) is 3.40. The highest BCUT2D eigenvalue weighted by Gasteiger charge is 2.12. The second-order valence-corrected chi connectivity index (χ2v) is 4.95. The molecule has 0 saturated carbocycles. The molecule has 110 valence electrons. The molecule has 0 radical (unpaired) electrons. The van der Waals surface area contributed by atoms with Gasteiger partial charge in [-0.2, -0.15) is 10.1 Å². The Morgan fingerprint density at radius 1 is 1.14 bits per heavy atom. The summed E-state index contributed by atoms with van der Waals surface area (Å²) in [6.07, 6.45) is 3.72. The van der Waals surface area contributed by atoms with Crippen molar-refractivity contribution in [2.24, 2.45) is 23.5 Å². The van der Waals surface area contributed by atoms with E-state index in [1.165, 1.54) is 0 Å². The van der Waals surface area contributed by atoms with Crippen LogP contribution in [0.3, 0.4) is 0 Å². The van der Waals surface area contributed by atoms with E-state index in [1.807, 2.05) is 43.6 Å². The van der Waals surface area contributed by atoms with Crippen LogP contribution < -0.4 is 11.5 Å². The van der Waals surface area contributed by atoms with Gasteiger partial charge >= 0.3 is 0 Å². The van der Waals surface area contributed by atoms with E-state index in [4.69, 9.17) is 11.5 Å². The molecule has 0 fully saturated rings. The largest absolute Gasteiger partial charge is 0.370 e. The summed E-state index contributed by atoms with van der Waals surface area (Å²) >= 11 is 0. The van der Waals surface area contributed by atoms with Crippen LogP contribution in [0.5, 0.6) is 0 Å². The first-order valence-corrected chi connectivity index (χ1v) is 6.71. The van der Waals surface area contributed by atoms with Crippen molar-refractivity contribution in [1.82, 2.24) is 9.78 Å². The summed E-state index contributed by atoms with van der Waals surface area (Å²) in [7, 11) is 1.86. The summed E-state index contributed by atoms with van der Waals surface area (Å²) in [5, 5.41) is 5.95. The average molecular weight is 293 g/mol. The molecule has 1 amide bonds. The number of benzene rings is 2. The van der Waals surface area contributed by atoms with E-state index in [2.05, 4.69) is 10.1 Å². The minimum atomic E-state index is -0.450. The normalized spacial score (nSPS) is 10.6. The van der Waals surface area contributed by atoms with Crippen LogP contribution >= 0.6 is 0 Å². The van der Waals surface area contributed by atoms with E-state index in [0.29, 0.717) is 5.56 Å². The van der Waals surface area contributed by atoms with Crippen molar-refractivity contribution in [2.75, 3.05) is 0 Å². The molecule has 6 heteroatoms. The van der Waals surface area contributed by atoms with Gasteiger partial charge in [-0.25, -0.2) is 0 Å². The highest BCUT2D eigenvalue weighted by molar-refractivity contribution is 6.13. The number of amides is 1. The third-order valence-electron chi connectivity index (χ3n) is 3.40. The number of aliphatic imine (C=N–C) groups is 1. The average Bonchev–Trinajstić information content (AvgIpc) is 2.91. The number of rotatable bonds is 2. The molecular weight excluding hydrogens is 278 g/mol. The molecular formula is C16H15N5O. The first kappa shape index (κ1) is 13.8. The van der Waals surface area contributed by atoms with Crippen molar-refractivity contribution in [1.29, 1.82) is 0 Å². The molecule has 22 heavy (non-hydrogen) atoms. The Morgan fingerprint density at radius 2 is 1.86 bits per heavy atom. The smallest absolute Gasteiger partial charge is 0.280 e. The molecule has 1 aromatic heterocycles. The van der Waals surface area contributed by atoms with Crippen molar-refractivity contribution in [3.63, 3.8) is 0 Å². The molecule has 6 nitrogen and oxygen atoms in total. The Kier molecular flexibility index (Phi) is 3.34. The highest BCUT2D eigenvalue weighted by atomic mass is 16.1. The van der Waals surface area contributed by atoms with Gasteiger partial charge in [-0.15, -0.1) is 0 Å².